The molecule has 0 spiro atoms. The van der Waals surface area contributed by atoms with Crippen LogP contribution < -0.4 is 0 Å². The summed E-state index contributed by atoms with van der Waals surface area (Å²) < 4.78 is 8.46. The van der Waals surface area contributed by atoms with Crippen LogP contribution in [0.15, 0.2) is 0 Å². The van der Waals surface area contributed by atoms with Crippen molar-refractivity contribution < 1.29 is 9.46 Å². The van der Waals surface area contributed by atoms with Crippen LogP contribution in [0.1, 0.15) is 13.3 Å². The maximum absolute atomic E-state index is 8.46. The Balaban J connectivity index is -0.0000000160. The summed E-state index contributed by atoms with van der Waals surface area (Å²) in [6, 6.07) is 0. The molecule has 0 heterocycles. The third kappa shape index (κ3) is 168. The van der Waals surface area contributed by atoms with E-state index in [1.54, 1.807) is 0 Å². The van der Waals surface area contributed by atoms with Crippen molar-refractivity contribution in [2.45, 2.75) is 13.3 Å². The van der Waals surface area contributed by atoms with Gasteiger partial charge in [0.2, 0.25) is 0 Å². The van der Waals surface area contributed by atoms with Gasteiger partial charge in [-0.1, -0.05) is 6.92 Å². The van der Waals surface area contributed by atoms with E-state index in [1.807, 2.05) is 6.92 Å². The van der Waals surface area contributed by atoms with Crippen LogP contribution in [0.25, 0.3) is 0 Å². The molecule has 0 aliphatic heterocycles. The van der Waals surface area contributed by atoms with E-state index in [9.17, 15) is 0 Å². The van der Waals surface area contributed by atoms with Gasteiger partial charge in [-0.3, -0.25) is 0 Å². The van der Waals surface area contributed by atoms with Crippen molar-refractivity contribution in [3.8, 4) is 0 Å². The van der Waals surface area contributed by atoms with Crippen LogP contribution in [0, 0.1) is 14.4 Å². The first kappa shape index (κ1) is 22.8. The van der Waals surface area contributed by atoms with Crippen molar-refractivity contribution in [2.75, 3.05) is 0 Å². The van der Waals surface area contributed by atoms with Gasteiger partial charge in [-0.05, 0) is 0 Å². The van der Waals surface area contributed by atoms with Crippen LogP contribution in [0.5, 0.6) is 0 Å². The third-order valence-corrected chi connectivity index (χ3v) is 0. The number of hydrogen-bond donors (Lipinski definition) is 1. The summed E-state index contributed by atoms with van der Waals surface area (Å²) in [5.74, 6) is 0. The van der Waals surface area contributed by atoms with E-state index in [4.69, 9.17) is 9.46 Å². The van der Waals surface area contributed by atoms with E-state index < -0.39 is 8.69 Å². The normalized spacial score (nSPS) is 4.88. The van der Waals surface area contributed by atoms with Gasteiger partial charge < -0.3 is 19.2 Å². The Morgan fingerprint density at radius 2 is 1.75 bits per heavy atom. The minimum Gasteiger partial charge on any atom is -0.358 e. The third-order valence-electron chi connectivity index (χ3n) is 0. The van der Waals surface area contributed by atoms with E-state index in [2.05, 4.69) is 6.92 Å². The van der Waals surface area contributed by atoms with E-state index in [-0.39, 0.29) is 45.2 Å². The second-order valence-corrected chi connectivity index (χ2v) is 0.745. The van der Waals surface area contributed by atoms with Gasteiger partial charge in [-0.25, -0.2) is 4.57 Å². The number of rotatable bonds is 0. The summed E-state index contributed by atoms with van der Waals surface area (Å²) in [5, 5.41) is 0. The van der Waals surface area contributed by atoms with Crippen molar-refractivity contribution in [1.82, 2.24) is 0 Å². The molecule has 2 nitrogen and oxygen atoms in total. The van der Waals surface area contributed by atoms with Crippen LogP contribution in [0.4, 0.5) is 0 Å². The second kappa shape index (κ2) is 40.4. The predicted octanol–water partition coefficient (Wildman–Crippen LogP) is 1.49. The van der Waals surface area contributed by atoms with Gasteiger partial charge in [0.15, 0.2) is 0 Å². The first-order valence-electron chi connectivity index (χ1n) is 1.59. The summed E-state index contributed by atoms with van der Waals surface area (Å²) in [5.41, 5.74) is 0. The molecule has 4 heteroatoms. The topological polar surface area (TPSA) is 37.3 Å². The first-order valence-corrected chi connectivity index (χ1v) is 2.35. The van der Waals surface area contributed by atoms with Gasteiger partial charge in [0, 0.05) is 0 Å². The quantitative estimate of drug-likeness (QED) is 0.333. The molecule has 0 bridgehead atoms. The van der Waals surface area contributed by atoms with E-state index in [0.29, 0.717) is 0 Å². The number of hydrogen-bond acceptors (Lipinski definition) is 1. The molecule has 0 rings (SSSR count). The minimum absolute atomic E-state index is 0. The molecule has 0 aliphatic carbocycles. The SMILES string of the molecule is O=PO.[CH2-]CC.[CH3-].[Ca+2]. The monoisotopic (exact) mass is 162 g/mol. The van der Waals surface area contributed by atoms with E-state index in [1.165, 1.54) is 0 Å². The molecular formula is C4H11CaO2P. The summed E-state index contributed by atoms with van der Waals surface area (Å²) in [7, 11) is -0.833. The largest absolute Gasteiger partial charge is 2.00 e. The molecule has 0 aromatic rings. The van der Waals surface area contributed by atoms with Crippen molar-refractivity contribution in [3.63, 3.8) is 0 Å². The molecule has 0 unspecified atom stereocenters. The van der Waals surface area contributed by atoms with Crippen molar-refractivity contribution in [2.24, 2.45) is 0 Å². The summed E-state index contributed by atoms with van der Waals surface area (Å²) >= 11 is 0. The zero-order valence-electron chi connectivity index (χ0n) is 5.42. The van der Waals surface area contributed by atoms with Crippen LogP contribution in [0.2, 0.25) is 0 Å². The van der Waals surface area contributed by atoms with Crippen LogP contribution in [-0.4, -0.2) is 42.6 Å². The van der Waals surface area contributed by atoms with Gasteiger partial charge in [0.05, 0.1) is 0 Å². The van der Waals surface area contributed by atoms with Gasteiger partial charge in [-0.15, -0.1) is 0 Å². The van der Waals surface area contributed by atoms with Crippen molar-refractivity contribution >= 4 is 46.4 Å². The molecule has 0 aromatic carbocycles. The zero-order valence-corrected chi connectivity index (χ0v) is 8.53. The summed E-state index contributed by atoms with van der Waals surface area (Å²) in [6.07, 6.45) is 1.00. The second-order valence-electron chi connectivity index (χ2n) is 0.582. The Kier molecular flexibility index (Phi) is 115. The Bertz CT molecular complexity index is 28.0. The molecule has 0 aliphatic rings. The average Bonchev–Trinajstić information content (AvgIpc) is 1.39. The van der Waals surface area contributed by atoms with Crippen LogP contribution in [-0.2, 0) is 4.57 Å². The molecule has 0 radical (unpaired) electrons. The molecule has 0 amide bonds. The van der Waals surface area contributed by atoms with Gasteiger partial charge in [0.1, 0.15) is 0 Å². The van der Waals surface area contributed by atoms with Gasteiger partial charge in [-0.2, -0.15) is 6.42 Å². The van der Waals surface area contributed by atoms with E-state index in [0.717, 1.165) is 6.42 Å². The van der Waals surface area contributed by atoms with Crippen LogP contribution in [0.3, 0.4) is 0 Å². The molecule has 0 fully saturated rings. The maximum Gasteiger partial charge on any atom is 2.00 e. The van der Waals surface area contributed by atoms with Crippen LogP contribution >= 0.6 is 8.69 Å². The fraction of sp³-hybridized carbons (Fsp3) is 0.500. The average molecular weight is 162 g/mol. The van der Waals surface area contributed by atoms with Gasteiger partial charge >= 0.3 is 46.4 Å². The predicted molar refractivity (Wildman–Crippen MR) is 37.6 cm³/mol. The Hall–Kier alpha value is 1.32. The van der Waals surface area contributed by atoms with E-state index >= 15 is 0 Å². The Morgan fingerprint density at radius 3 is 1.75 bits per heavy atom. The van der Waals surface area contributed by atoms with Crippen molar-refractivity contribution in [1.29, 1.82) is 0 Å². The molecule has 0 aromatic heterocycles. The summed E-state index contributed by atoms with van der Waals surface area (Å²) in [4.78, 5) is 6.99. The molecule has 1 N–H and O–H groups in total. The van der Waals surface area contributed by atoms with Crippen molar-refractivity contribution in [3.05, 3.63) is 14.4 Å². The maximum atomic E-state index is 8.46. The zero-order chi connectivity index (χ0) is 5.41. The molecule has 0 saturated carbocycles. The molecular weight excluding hydrogens is 151 g/mol. The minimum atomic E-state index is -0.833. The Labute approximate surface area is 83.0 Å². The smallest absolute Gasteiger partial charge is 0.358 e. The molecule has 46 valence electrons. The van der Waals surface area contributed by atoms with Gasteiger partial charge in [0.25, 0.3) is 0 Å². The first-order chi connectivity index (χ1) is 2.83. The molecule has 0 atom stereocenters. The molecule has 0 saturated heterocycles. The Morgan fingerprint density at radius 1 is 1.75 bits per heavy atom. The fourth-order valence-electron chi connectivity index (χ4n) is 0. The summed E-state index contributed by atoms with van der Waals surface area (Å²) in [6.45, 7) is 5.50. The fourth-order valence-corrected chi connectivity index (χ4v) is 0. The molecule has 8 heavy (non-hydrogen) atoms. The standard InChI is InChI=1S/C3H7.CH3.Ca.HO2P/c1-3-2;;;1-3-2/h1,3H2,2H3;1H3;;(H,1,2)/q2*-1;+2;.